The summed E-state index contributed by atoms with van der Waals surface area (Å²) >= 11 is 1.11. The molecule has 1 unspecified atom stereocenters. The number of thioether (sulfide) groups is 1. The number of nitrogens with two attached hydrogens (primary N) is 1. The summed E-state index contributed by atoms with van der Waals surface area (Å²) < 4.78 is 1.61. The predicted octanol–water partition coefficient (Wildman–Crippen LogP) is 1.38. The first-order valence-corrected chi connectivity index (χ1v) is 7.85. The summed E-state index contributed by atoms with van der Waals surface area (Å²) in [4.78, 5) is 30.4. The van der Waals surface area contributed by atoms with E-state index < -0.39 is 11.2 Å². The van der Waals surface area contributed by atoms with Gasteiger partial charge in [0.1, 0.15) is 5.39 Å². The third kappa shape index (κ3) is 2.98. The number of benzene rings is 1. The van der Waals surface area contributed by atoms with Gasteiger partial charge in [-0.2, -0.15) is 5.10 Å². The molecule has 0 spiro atoms. The van der Waals surface area contributed by atoms with Crippen molar-refractivity contribution in [3.8, 4) is 5.69 Å². The van der Waals surface area contributed by atoms with Crippen molar-refractivity contribution in [1.82, 2.24) is 19.7 Å². The maximum atomic E-state index is 12.2. The molecule has 0 bridgehead atoms. The smallest absolute Gasteiger partial charge is 0.262 e. The minimum absolute atomic E-state index is 0.298. The number of carbonyl (C=O) groups is 1. The van der Waals surface area contributed by atoms with E-state index in [1.165, 1.54) is 6.20 Å². The van der Waals surface area contributed by atoms with E-state index in [2.05, 4.69) is 15.1 Å². The Balaban J connectivity index is 2.13. The Morgan fingerprint density at radius 1 is 1.43 bits per heavy atom. The van der Waals surface area contributed by atoms with Gasteiger partial charge in [-0.1, -0.05) is 23.9 Å². The van der Waals surface area contributed by atoms with E-state index in [4.69, 9.17) is 5.73 Å². The highest BCUT2D eigenvalue weighted by Crippen LogP contribution is 2.21. The van der Waals surface area contributed by atoms with Crippen LogP contribution in [0.3, 0.4) is 0 Å². The van der Waals surface area contributed by atoms with Crippen LogP contribution >= 0.6 is 11.8 Å². The number of aromatic nitrogens is 4. The molecular formula is C15H15N5O2S. The second-order valence-corrected chi connectivity index (χ2v) is 6.50. The van der Waals surface area contributed by atoms with Gasteiger partial charge in [-0.25, -0.2) is 9.67 Å². The van der Waals surface area contributed by atoms with Gasteiger partial charge in [-0.15, -0.1) is 0 Å². The normalized spacial score (nSPS) is 12.4. The number of aromatic amines is 1. The maximum Gasteiger partial charge on any atom is 0.262 e. The number of hydrogen-bond acceptors (Lipinski definition) is 5. The average molecular weight is 329 g/mol. The second kappa shape index (κ2) is 5.88. The molecule has 7 nitrogen and oxygen atoms in total. The van der Waals surface area contributed by atoms with Crippen molar-refractivity contribution in [2.75, 3.05) is 0 Å². The summed E-state index contributed by atoms with van der Waals surface area (Å²) in [7, 11) is 0. The fourth-order valence-corrected chi connectivity index (χ4v) is 2.87. The van der Waals surface area contributed by atoms with Crippen molar-refractivity contribution in [2.45, 2.75) is 24.3 Å². The Kier molecular flexibility index (Phi) is 3.91. The molecule has 0 fully saturated rings. The lowest BCUT2D eigenvalue weighted by Crippen LogP contribution is -2.23. The summed E-state index contributed by atoms with van der Waals surface area (Å²) in [6, 6.07) is 7.73. The molecule has 0 aliphatic rings. The number of nitrogens with one attached hydrogen (secondary N) is 1. The third-order valence-corrected chi connectivity index (χ3v) is 4.35. The largest absolute Gasteiger partial charge is 0.369 e. The van der Waals surface area contributed by atoms with Gasteiger partial charge in [0.15, 0.2) is 10.8 Å². The van der Waals surface area contributed by atoms with Crippen molar-refractivity contribution >= 4 is 28.7 Å². The van der Waals surface area contributed by atoms with Crippen molar-refractivity contribution < 1.29 is 4.79 Å². The summed E-state index contributed by atoms with van der Waals surface area (Å²) in [5, 5.41) is 4.49. The number of amides is 1. The lowest BCUT2D eigenvalue weighted by Gasteiger charge is -2.07. The molecule has 3 rings (SSSR count). The Morgan fingerprint density at radius 2 is 2.22 bits per heavy atom. The van der Waals surface area contributed by atoms with Crippen LogP contribution < -0.4 is 11.3 Å². The van der Waals surface area contributed by atoms with Crippen LogP contribution in [0.1, 0.15) is 12.5 Å². The quantitative estimate of drug-likeness (QED) is 0.555. The van der Waals surface area contributed by atoms with Gasteiger partial charge in [0, 0.05) is 0 Å². The first-order chi connectivity index (χ1) is 11.0. The Morgan fingerprint density at radius 3 is 2.91 bits per heavy atom. The Labute approximate surface area is 135 Å². The molecule has 1 aromatic carbocycles. The molecular weight excluding hydrogens is 314 g/mol. The molecule has 3 N–H and O–H groups in total. The van der Waals surface area contributed by atoms with Crippen LogP contribution in [0.15, 0.2) is 40.4 Å². The van der Waals surface area contributed by atoms with Gasteiger partial charge in [0.2, 0.25) is 5.91 Å². The lowest BCUT2D eigenvalue weighted by atomic mass is 10.2. The molecule has 23 heavy (non-hydrogen) atoms. The van der Waals surface area contributed by atoms with Crippen LogP contribution in [0.5, 0.6) is 0 Å². The van der Waals surface area contributed by atoms with E-state index in [0.717, 1.165) is 23.0 Å². The van der Waals surface area contributed by atoms with Crippen LogP contribution in [0.25, 0.3) is 16.7 Å². The minimum atomic E-state index is -0.494. The van der Waals surface area contributed by atoms with Gasteiger partial charge < -0.3 is 10.7 Å². The SMILES string of the molecule is Cc1cccc(-n2ncc3c(=O)[nH]c(SC(C)C(N)=O)nc32)c1. The average Bonchev–Trinajstić information content (AvgIpc) is 2.91. The van der Waals surface area contributed by atoms with Gasteiger partial charge >= 0.3 is 0 Å². The van der Waals surface area contributed by atoms with Crippen LogP contribution in [0.2, 0.25) is 0 Å². The molecule has 8 heteroatoms. The van der Waals surface area contributed by atoms with E-state index in [1.54, 1.807) is 11.6 Å². The molecule has 2 heterocycles. The summed E-state index contributed by atoms with van der Waals surface area (Å²) in [5.41, 5.74) is 7.29. The molecule has 3 aromatic rings. The first kappa shape index (κ1) is 15.3. The highest BCUT2D eigenvalue weighted by Gasteiger charge is 2.16. The first-order valence-electron chi connectivity index (χ1n) is 6.97. The van der Waals surface area contributed by atoms with E-state index in [0.29, 0.717) is 16.2 Å². The monoisotopic (exact) mass is 329 g/mol. The molecule has 118 valence electrons. The topological polar surface area (TPSA) is 107 Å². The van der Waals surface area contributed by atoms with E-state index >= 15 is 0 Å². The van der Waals surface area contributed by atoms with Gasteiger partial charge in [0.25, 0.3) is 5.56 Å². The molecule has 0 saturated heterocycles. The fourth-order valence-electron chi connectivity index (χ4n) is 2.13. The number of aryl methyl sites for hydroxylation is 1. The fraction of sp³-hybridized carbons (Fsp3) is 0.200. The number of carbonyl (C=O) groups excluding carboxylic acids is 1. The van der Waals surface area contributed by atoms with E-state index in [9.17, 15) is 9.59 Å². The summed E-state index contributed by atoms with van der Waals surface area (Å²) in [6.45, 7) is 3.64. The Hall–Kier alpha value is -2.61. The lowest BCUT2D eigenvalue weighted by molar-refractivity contribution is -0.117. The number of primary amides is 1. The van der Waals surface area contributed by atoms with Crippen molar-refractivity contribution in [2.24, 2.45) is 5.73 Å². The van der Waals surface area contributed by atoms with Crippen LogP contribution in [-0.4, -0.2) is 30.9 Å². The number of hydrogen-bond donors (Lipinski definition) is 2. The molecule has 0 radical (unpaired) electrons. The highest BCUT2D eigenvalue weighted by molar-refractivity contribution is 8.00. The van der Waals surface area contributed by atoms with Gasteiger partial charge in [0.05, 0.1) is 17.1 Å². The summed E-state index contributed by atoms with van der Waals surface area (Å²) in [6.07, 6.45) is 1.48. The molecule has 0 aliphatic carbocycles. The molecule has 2 aromatic heterocycles. The van der Waals surface area contributed by atoms with Crippen molar-refractivity contribution in [3.63, 3.8) is 0 Å². The van der Waals surface area contributed by atoms with Crippen molar-refractivity contribution in [3.05, 3.63) is 46.4 Å². The van der Waals surface area contributed by atoms with Crippen LogP contribution in [-0.2, 0) is 4.79 Å². The molecule has 1 amide bonds. The van der Waals surface area contributed by atoms with E-state index in [1.807, 2.05) is 31.2 Å². The molecule has 1 atom stereocenters. The highest BCUT2D eigenvalue weighted by atomic mass is 32.2. The van der Waals surface area contributed by atoms with Crippen LogP contribution in [0, 0.1) is 6.92 Å². The predicted molar refractivity (Wildman–Crippen MR) is 88.7 cm³/mol. The third-order valence-electron chi connectivity index (χ3n) is 3.35. The number of rotatable bonds is 4. The maximum absolute atomic E-state index is 12.2. The van der Waals surface area contributed by atoms with Crippen molar-refractivity contribution in [1.29, 1.82) is 0 Å². The Bertz CT molecular complexity index is 946. The zero-order chi connectivity index (χ0) is 16.6. The summed E-state index contributed by atoms with van der Waals surface area (Å²) in [5.74, 6) is -0.468. The second-order valence-electron chi connectivity index (χ2n) is 5.17. The number of H-pyrrole nitrogens is 1. The number of fused-ring (bicyclic) bond motifs is 1. The zero-order valence-electron chi connectivity index (χ0n) is 12.6. The zero-order valence-corrected chi connectivity index (χ0v) is 13.4. The minimum Gasteiger partial charge on any atom is -0.369 e. The van der Waals surface area contributed by atoms with Crippen LogP contribution in [0.4, 0.5) is 0 Å². The van der Waals surface area contributed by atoms with E-state index in [-0.39, 0.29) is 5.56 Å². The van der Waals surface area contributed by atoms with Gasteiger partial charge in [-0.3, -0.25) is 9.59 Å². The molecule has 0 saturated carbocycles. The number of nitrogens with zero attached hydrogens (tertiary/aromatic N) is 3. The molecule has 0 aliphatic heterocycles. The van der Waals surface area contributed by atoms with Gasteiger partial charge in [-0.05, 0) is 31.5 Å². The standard InChI is InChI=1S/C15H15N5O2S/c1-8-4-3-5-10(6-8)20-13-11(7-17-20)14(22)19-15(18-13)23-9(2)12(16)21/h3-7,9H,1-2H3,(H2,16,21)(H,18,19,22).